The van der Waals surface area contributed by atoms with Crippen LogP contribution in [0.2, 0.25) is 0 Å². The van der Waals surface area contributed by atoms with Crippen LogP contribution in [0.15, 0.2) is 43.0 Å². The van der Waals surface area contributed by atoms with E-state index in [4.69, 9.17) is 0 Å². The van der Waals surface area contributed by atoms with Gasteiger partial charge in [0.25, 0.3) is 5.91 Å². The second kappa shape index (κ2) is 7.70. The number of rotatable bonds is 4. The van der Waals surface area contributed by atoms with E-state index in [1.807, 2.05) is 44.2 Å². The molecule has 0 atom stereocenters. The summed E-state index contributed by atoms with van der Waals surface area (Å²) in [5.41, 5.74) is 0.714. The Bertz CT molecular complexity index is 368. The van der Waals surface area contributed by atoms with E-state index in [-0.39, 0.29) is 11.4 Å². The average molecular weight is 247 g/mol. The molecule has 2 nitrogen and oxygen atoms in total. The predicted molar refractivity (Wildman–Crippen MR) is 79.8 cm³/mol. The summed E-state index contributed by atoms with van der Waals surface area (Å²) in [5.74, 6) is -0.0574. The second-order valence-electron chi connectivity index (χ2n) is 4.38. The van der Waals surface area contributed by atoms with Gasteiger partial charge < -0.3 is 4.90 Å². The van der Waals surface area contributed by atoms with E-state index in [2.05, 4.69) is 27.4 Å². The topological polar surface area (TPSA) is 20.3 Å². The molecule has 18 heavy (non-hydrogen) atoms. The van der Waals surface area contributed by atoms with Crippen molar-refractivity contribution in [2.75, 3.05) is 4.90 Å². The lowest BCUT2D eigenvalue weighted by Crippen LogP contribution is -2.47. The smallest absolute Gasteiger partial charge is 0.250 e. The lowest BCUT2D eigenvalue weighted by Gasteiger charge is -2.37. The number of hydrogen-bond acceptors (Lipinski definition) is 1. The molecule has 100 valence electrons. The summed E-state index contributed by atoms with van der Waals surface area (Å²) in [4.78, 5) is 13.7. The minimum atomic E-state index is -0.202. The highest BCUT2D eigenvalue weighted by atomic mass is 16.2. The van der Waals surface area contributed by atoms with Gasteiger partial charge in [0.15, 0.2) is 0 Å². The van der Waals surface area contributed by atoms with E-state index in [0.717, 1.165) is 12.1 Å². The third-order valence-electron chi connectivity index (χ3n) is 2.88. The zero-order valence-electron chi connectivity index (χ0n) is 12.2. The minimum Gasteiger partial charge on any atom is -0.303 e. The fourth-order valence-electron chi connectivity index (χ4n) is 1.60. The highest BCUT2D eigenvalue weighted by Crippen LogP contribution is 2.26. The zero-order valence-corrected chi connectivity index (χ0v) is 12.2. The summed E-state index contributed by atoms with van der Waals surface area (Å²) in [6.45, 7) is 13.8. The van der Waals surface area contributed by atoms with Gasteiger partial charge in [0, 0.05) is 11.2 Å². The predicted octanol–water partition coefficient (Wildman–Crippen LogP) is 4.42. The molecule has 0 aromatic heterocycles. The lowest BCUT2D eigenvalue weighted by atomic mass is 9.98. The molecule has 0 N–H and O–H groups in total. The van der Waals surface area contributed by atoms with Crippen molar-refractivity contribution in [1.82, 2.24) is 0 Å². The molecule has 1 aromatic rings. The van der Waals surface area contributed by atoms with E-state index < -0.39 is 0 Å². The van der Waals surface area contributed by atoms with Crippen LogP contribution in [0.5, 0.6) is 0 Å². The fraction of sp³-hybridized carbons (Fsp3) is 0.438. The van der Waals surface area contributed by atoms with Gasteiger partial charge in [0.2, 0.25) is 0 Å². The summed E-state index contributed by atoms with van der Waals surface area (Å²) < 4.78 is 0. The van der Waals surface area contributed by atoms with Gasteiger partial charge >= 0.3 is 0 Å². The molecule has 1 aromatic carbocycles. The van der Waals surface area contributed by atoms with Gasteiger partial charge in [-0.15, -0.1) is 0 Å². The molecule has 0 radical (unpaired) electrons. The molecule has 0 aliphatic carbocycles. The molecule has 1 amide bonds. The van der Waals surface area contributed by atoms with Gasteiger partial charge in [-0.2, -0.15) is 0 Å². The van der Waals surface area contributed by atoms with E-state index in [9.17, 15) is 4.79 Å². The fourth-order valence-corrected chi connectivity index (χ4v) is 1.60. The van der Waals surface area contributed by atoms with Gasteiger partial charge in [-0.25, -0.2) is 0 Å². The van der Waals surface area contributed by atoms with Gasteiger partial charge in [0.1, 0.15) is 0 Å². The molecule has 0 unspecified atom stereocenters. The van der Waals surface area contributed by atoms with E-state index >= 15 is 0 Å². The highest BCUT2D eigenvalue weighted by Gasteiger charge is 2.28. The average Bonchev–Trinajstić information content (AvgIpc) is 2.42. The summed E-state index contributed by atoms with van der Waals surface area (Å²) >= 11 is 0. The number of nitrogens with zero attached hydrogens (tertiary/aromatic N) is 1. The molecule has 1 rings (SSSR count). The van der Waals surface area contributed by atoms with Crippen molar-refractivity contribution in [3.05, 3.63) is 43.0 Å². The lowest BCUT2D eigenvalue weighted by molar-refractivity contribution is -0.115. The molecule has 0 spiro atoms. The summed E-state index contributed by atoms with van der Waals surface area (Å²) in [6.07, 6.45) is 2.26. The molecule has 0 saturated heterocycles. The van der Waals surface area contributed by atoms with E-state index in [1.165, 1.54) is 6.08 Å². The maximum absolute atomic E-state index is 11.9. The Morgan fingerprint density at radius 2 is 1.78 bits per heavy atom. The Balaban J connectivity index is 0.00000137. The maximum Gasteiger partial charge on any atom is 0.250 e. The Morgan fingerprint density at radius 1 is 1.28 bits per heavy atom. The molecule has 0 aliphatic heterocycles. The van der Waals surface area contributed by atoms with Crippen LogP contribution in [-0.4, -0.2) is 11.4 Å². The molecular weight excluding hydrogens is 222 g/mol. The monoisotopic (exact) mass is 247 g/mol. The van der Waals surface area contributed by atoms with Gasteiger partial charge in [0.05, 0.1) is 0 Å². The number of carbonyl (C=O) groups excluding carboxylic acids is 1. The largest absolute Gasteiger partial charge is 0.303 e. The van der Waals surface area contributed by atoms with Crippen LogP contribution in [0.4, 0.5) is 5.69 Å². The molecule has 0 heterocycles. The van der Waals surface area contributed by atoms with Crippen LogP contribution in [0, 0.1) is 0 Å². The molecule has 2 heteroatoms. The van der Waals surface area contributed by atoms with Crippen molar-refractivity contribution in [3.8, 4) is 0 Å². The Labute approximate surface area is 111 Å². The molecule has 0 saturated carbocycles. The molecule has 0 aliphatic rings. The van der Waals surface area contributed by atoms with Crippen LogP contribution in [0.3, 0.4) is 0 Å². The van der Waals surface area contributed by atoms with Crippen molar-refractivity contribution in [3.63, 3.8) is 0 Å². The van der Waals surface area contributed by atoms with Crippen LogP contribution >= 0.6 is 0 Å². The first-order chi connectivity index (χ1) is 8.53. The van der Waals surface area contributed by atoms with Crippen molar-refractivity contribution >= 4 is 11.6 Å². The SMILES string of the molecule is C=CC(=O)N(c1ccccc1)C(C)(C)CC.CC. The van der Waals surface area contributed by atoms with E-state index in [0.29, 0.717) is 0 Å². The molecule has 0 fully saturated rings. The second-order valence-corrected chi connectivity index (χ2v) is 4.38. The molecular formula is C16H25NO. The molecule has 0 bridgehead atoms. The van der Waals surface area contributed by atoms with Gasteiger partial charge in [-0.05, 0) is 38.5 Å². The number of carbonyl (C=O) groups is 1. The first kappa shape index (κ1) is 16.4. The van der Waals surface area contributed by atoms with Crippen molar-refractivity contribution < 1.29 is 4.79 Å². The van der Waals surface area contributed by atoms with Crippen molar-refractivity contribution in [1.29, 1.82) is 0 Å². The third kappa shape index (κ3) is 4.02. The first-order valence-corrected chi connectivity index (χ1v) is 6.54. The minimum absolute atomic E-state index is 0.0574. The van der Waals surface area contributed by atoms with Crippen LogP contribution in [-0.2, 0) is 4.79 Å². The Kier molecular flexibility index (Phi) is 7.03. The van der Waals surface area contributed by atoms with E-state index in [1.54, 1.807) is 4.90 Å². The third-order valence-corrected chi connectivity index (χ3v) is 2.88. The maximum atomic E-state index is 11.9. The summed E-state index contributed by atoms with van der Waals surface area (Å²) in [5, 5.41) is 0. The summed E-state index contributed by atoms with van der Waals surface area (Å²) in [6, 6.07) is 9.70. The van der Waals surface area contributed by atoms with Gasteiger partial charge in [-0.1, -0.05) is 45.5 Å². The number of benzene rings is 1. The van der Waals surface area contributed by atoms with Crippen LogP contribution in [0.25, 0.3) is 0 Å². The van der Waals surface area contributed by atoms with Crippen molar-refractivity contribution in [2.24, 2.45) is 0 Å². The quantitative estimate of drug-likeness (QED) is 0.721. The van der Waals surface area contributed by atoms with Crippen LogP contribution in [0.1, 0.15) is 41.0 Å². The number of anilines is 1. The number of amides is 1. The standard InChI is InChI=1S/C14H19NO.C2H6/c1-5-13(16)15(14(3,4)6-2)12-10-8-7-9-11-12;1-2/h5,7-11H,1,6H2,2-4H3;1-2H3. The number of para-hydroxylation sites is 1. The Morgan fingerprint density at radius 3 is 2.17 bits per heavy atom. The first-order valence-electron chi connectivity index (χ1n) is 6.54. The number of hydrogen-bond donors (Lipinski definition) is 0. The highest BCUT2D eigenvalue weighted by molar-refractivity contribution is 6.02. The zero-order chi connectivity index (χ0) is 14.2. The van der Waals surface area contributed by atoms with Crippen LogP contribution < -0.4 is 4.90 Å². The van der Waals surface area contributed by atoms with Gasteiger partial charge in [-0.3, -0.25) is 4.79 Å². The summed E-state index contributed by atoms with van der Waals surface area (Å²) in [7, 11) is 0. The van der Waals surface area contributed by atoms with Crippen molar-refractivity contribution in [2.45, 2.75) is 46.6 Å². The Hall–Kier alpha value is -1.57. The normalized spacial score (nSPS) is 10.1.